The normalized spacial score (nSPS) is 20.3. The smallest absolute Gasteiger partial charge is 0.317 e. The Morgan fingerprint density at radius 2 is 1.91 bits per heavy atom. The standard InChI is InChI=1S/C12H16N2O6S2/c1-20-10(15)12(4-7-22(18,19)8-5-12)9-3-6-13-11(14-9)21(2,16)17/h3,6H,4-5,7-8H2,1-2H3. The highest BCUT2D eigenvalue weighted by Gasteiger charge is 2.47. The Morgan fingerprint density at radius 3 is 2.41 bits per heavy atom. The van der Waals surface area contributed by atoms with E-state index in [1.165, 1.54) is 19.4 Å². The molecule has 1 aliphatic rings. The molecule has 1 aromatic heterocycles. The number of sulfone groups is 2. The van der Waals surface area contributed by atoms with Gasteiger partial charge in [-0.15, -0.1) is 0 Å². The molecule has 122 valence electrons. The van der Waals surface area contributed by atoms with Gasteiger partial charge >= 0.3 is 5.97 Å². The maximum absolute atomic E-state index is 12.2. The zero-order valence-electron chi connectivity index (χ0n) is 12.1. The Bertz CT molecular complexity index is 787. The fourth-order valence-electron chi connectivity index (χ4n) is 2.43. The van der Waals surface area contributed by atoms with E-state index in [9.17, 15) is 21.6 Å². The highest BCUT2D eigenvalue weighted by Crippen LogP contribution is 2.36. The Labute approximate surface area is 128 Å². The van der Waals surface area contributed by atoms with Crippen LogP contribution in [0.15, 0.2) is 17.4 Å². The van der Waals surface area contributed by atoms with Crippen LogP contribution in [0.4, 0.5) is 0 Å². The van der Waals surface area contributed by atoms with Crippen molar-refractivity contribution in [3.63, 3.8) is 0 Å². The first-order chi connectivity index (χ1) is 10.1. The second kappa shape index (κ2) is 5.58. The average molecular weight is 348 g/mol. The minimum Gasteiger partial charge on any atom is -0.468 e. The van der Waals surface area contributed by atoms with E-state index in [0.717, 1.165) is 6.26 Å². The molecule has 8 nitrogen and oxygen atoms in total. The molecule has 1 aliphatic heterocycles. The van der Waals surface area contributed by atoms with Gasteiger partial charge in [-0.3, -0.25) is 4.79 Å². The van der Waals surface area contributed by atoms with Gasteiger partial charge in [0, 0.05) is 12.5 Å². The van der Waals surface area contributed by atoms with Crippen molar-refractivity contribution in [2.24, 2.45) is 0 Å². The summed E-state index contributed by atoms with van der Waals surface area (Å²) >= 11 is 0. The quantitative estimate of drug-likeness (QED) is 0.529. The summed E-state index contributed by atoms with van der Waals surface area (Å²) in [6.07, 6.45) is 2.21. The van der Waals surface area contributed by atoms with Crippen molar-refractivity contribution in [1.29, 1.82) is 0 Å². The predicted molar refractivity (Wildman–Crippen MR) is 76.7 cm³/mol. The number of aromatic nitrogens is 2. The molecule has 0 bridgehead atoms. The van der Waals surface area contributed by atoms with Crippen molar-refractivity contribution >= 4 is 25.6 Å². The van der Waals surface area contributed by atoms with Gasteiger partial charge in [-0.1, -0.05) is 0 Å². The summed E-state index contributed by atoms with van der Waals surface area (Å²) in [6.45, 7) is 0. The van der Waals surface area contributed by atoms with Gasteiger partial charge in [-0.25, -0.2) is 26.8 Å². The number of nitrogens with zero attached hydrogens (tertiary/aromatic N) is 2. The number of rotatable bonds is 3. The molecule has 2 rings (SSSR count). The van der Waals surface area contributed by atoms with Gasteiger partial charge in [0.1, 0.15) is 15.3 Å². The van der Waals surface area contributed by atoms with Gasteiger partial charge in [0.05, 0.1) is 24.3 Å². The molecule has 0 radical (unpaired) electrons. The van der Waals surface area contributed by atoms with Crippen molar-refractivity contribution < 1.29 is 26.4 Å². The number of hydrogen-bond donors (Lipinski definition) is 0. The molecular formula is C12H16N2O6S2. The van der Waals surface area contributed by atoms with Crippen LogP contribution in [-0.4, -0.2) is 57.6 Å². The molecular weight excluding hydrogens is 332 g/mol. The molecule has 0 spiro atoms. The highest BCUT2D eigenvalue weighted by atomic mass is 32.2. The minimum absolute atomic E-state index is 0.00220. The van der Waals surface area contributed by atoms with Gasteiger partial charge in [0.15, 0.2) is 0 Å². The largest absolute Gasteiger partial charge is 0.468 e. The van der Waals surface area contributed by atoms with E-state index in [1.54, 1.807) is 0 Å². The van der Waals surface area contributed by atoms with E-state index in [1.807, 2.05) is 0 Å². The molecule has 1 aromatic rings. The van der Waals surface area contributed by atoms with Crippen molar-refractivity contribution in [2.75, 3.05) is 24.9 Å². The van der Waals surface area contributed by atoms with Crippen LogP contribution >= 0.6 is 0 Å². The van der Waals surface area contributed by atoms with Crippen molar-refractivity contribution in [3.8, 4) is 0 Å². The molecule has 0 N–H and O–H groups in total. The highest BCUT2D eigenvalue weighted by molar-refractivity contribution is 7.91. The SMILES string of the molecule is COC(=O)C1(c2ccnc(S(C)(=O)=O)n2)CCS(=O)(=O)CC1. The molecule has 0 saturated carbocycles. The molecule has 0 amide bonds. The second-order valence-corrected chi connectivity index (χ2v) is 9.44. The zero-order valence-corrected chi connectivity index (χ0v) is 13.8. The number of esters is 1. The second-order valence-electron chi connectivity index (χ2n) is 5.22. The first-order valence-corrected chi connectivity index (χ1v) is 10.1. The summed E-state index contributed by atoms with van der Waals surface area (Å²) in [6, 6.07) is 1.42. The van der Waals surface area contributed by atoms with Crippen LogP contribution in [0.1, 0.15) is 18.5 Å². The molecule has 22 heavy (non-hydrogen) atoms. The zero-order chi connectivity index (χ0) is 16.6. The summed E-state index contributed by atoms with van der Waals surface area (Å²) in [5.74, 6) is -0.985. The number of carbonyl (C=O) groups excluding carboxylic acids is 1. The van der Waals surface area contributed by atoms with Crippen LogP contribution in [0, 0.1) is 0 Å². The summed E-state index contributed by atoms with van der Waals surface area (Å²) in [7, 11) is -5.65. The van der Waals surface area contributed by atoms with E-state index < -0.39 is 36.2 Å². The van der Waals surface area contributed by atoms with Gasteiger partial charge < -0.3 is 4.74 Å². The summed E-state index contributed by atoms with van der Waals surface area (Å²) in [4.78, 5) is 19.9. The van der Waals surface area contributed by atoms with Gasteiger partial charge in [-0.05, 0) is 18.9 Å². The Kier molecular flexibility index (Phi) is 4.26. The molecule has 0 aliphatic carbocycles. The predicted octanol–water partition coefficient (Wildman–Crippen LogP) is -0.500. The van der Waals surface area contributed by atoms with Crippen LogP contribution in [0.2, 0.25) is 0 Å². The Hall–Kier alpha value is -1.55. The third-order valence-corrected chi connectivity index (χ3v) is 6.22. The average Bonchev–Trinajstić information content (AvgIpc) is 2.46. The topological polar surface area (TPSA) is 120 Å². The Balaban J connectivity index is 2.55. The van der Waals surface area contributed by atoms with E-state index >= 15 is 0 Å². The van der Waals surface area contributed by atoms with Crippen LogP contribution < -0.4 is 0 Å². The lowest BCUT2D eigenvalue weighted by Crippen LogP contribution is -2.45. The van der Waals surface area contributed by atoms with E-state index in [0.29, 0.717) is 0 Å². The van der Waals surface area contributed by atoms with E-state index in [-0.39, 0.29) is 30.0 Å². The molecule has 10 heteroatoms. The van der Waals surface area contributed by atoms with Crippen LogP contribution in [0.5, 0.6) is 0 Å². The van der Waals surface area contributed by atoms with Gasteiger partial charge in [0.2, 0.25) is 15.0 Å². The third kappa shape index (κ3) is 3.12. The molecule has 0 atom stereocenters. The summed E-state index contributed by atoms with van der Waals surface area (Å²) in [5, 5.41) is -0.401. The number of hydrogen-bond acceptors (Lipinski definition) is 8. The maximum atomic E-state index is 12.2. The van der Waals surface area contributed by atoms with E-state index in [4.69, 9.17) is 4.74 Å². The summed E-state index contributed by atoms with van der Waals surface area (Å²) in [5.41, 5.74) is -1.09. The summed E-state index contributed by atoms with van der Waals surface area (Å²) < 4.78 is 51.2. The molecule has 1 saturated heterocycles. The van der Waals surface area contributed by atoms with Gasteiger partial charge in [-0.2, -0.15) is 0 Å². The van der Waals surface area contributed by atoms with E-state index in [2.05, 4.69) is 9.97 Å². The molecule has 2 heterocycles. The lowest BCUT2D eigenvalue weighted by molar-refractivity contribution is -0.148. The molecule has 0 unspecified atom stereocenters. The van der Waals surface area contributed by atoms with Crippen molar-refractivity contribution in [3.05, 3.63) is 18.0 Å². The lowest BCUT2D eigenvalue weighted by Gasteiger charge is -2.33. The maximum Gasteiger partial charge on any atom is 0.317 e. The van der Waals surface area contributed by atoms with Crippen LogP contribution in [-0.2, 0) is 34.6 Å². The van der Waals surface area contributed by atoms with Crippen molar-refractivity contribution in [2.45, 2.75) is 23.4 Å². The minimum atomic E-state index is -3.64. The lowest BCUT2D eigenvalue weighted by atomic mass is 9.78. The Morgan fingerprint density at radius 1 is 1.32 bits per heavy atom. The number of methoxy groups -OCH3 is 1. The third-order valence-electron chi connectivity index (χ3n) is 3.71. The fraction of sp³-hybridized carbons (Fsp3) is 0.583. The number of carbonyl (C=O) groups is 1. The van der Waals surface area contributed by atoms with Crippen LogP contribution in [0.25, 0.3) is 0 Å². The first-order valence-electron chi connectivity index (χ1n) is 6.43. The molecule has 1 fully saturated rings. The first kappa shape index (κ1) is 16.8. The fourth-order valence-corrected chi connectivity index (χ4v) is 4.47. The molecule has 0 aromatic carbocycles. The van der Waals surface area contributed by atoms with Crippen molar-refractivity contribution in [1.82, 2.24) is 9.97 Å². The van der Waals surface area contributed by atoms with Gasteiger partial charge in [0.25, 0.3) is 0 Å². The van der Waals surface area contributed by atoms with Crippen LogP contribution in [0.3, 0.4) is 0 Å². The monoisotopic (exact) mass is 348 g/mol. The number of ether oxygens (including phenoxy) is 1.